The number of rotatable bonds is 10. The van der Waals surface area contributed by atoms with Crippen molar-refractivity contribution in [3.8, 4) is 5.75 Å². The minimum Gasteiger partial charge on any atom is -0.490 e. The SMILES string of the molecule is CCC.CCOCCCNNCc1cccc(OC2CCC2)c1. The highest BCUT2D eigenvalue weighted by atomic mass is 16.5. The first-order chi connectivity index (χ1) is 11.3. The van der Waals surface area contributed by atoms with Crippen LogP contribution < -0.4 is 15.6 Å². The molecule has 0 spiro atoms. The lowest BCUT2D eigenvalue weighted by molar-refractivity contribution is 0.120. The van der Waals surface area contributed by atoms with Gasteiger partial charge in [-0.15, -0.1) is 0 Å². The molecule has 0 atom stereocenters. The molecule has 0 radical (unpaired) electrons. The number of hydrogen-bond donors (Lipinski definition) is 2. The van der Waals surface area contributed by atoms with Gasteiger partial charge in [-0.25, -0.2) is 0 Å². The second-order valence-electron chi connectivity index (χ2n) is 5.86. The van der Waals surface area contributed by atoms with E-state index in [0.29, 0.717) is 6.10 Å². The molecule has 1 aromatic rings. The fourth-order valence-corrected chi connectivity index (χ4v) is 2.07. The van der Waals surface area contributed by atoms with Crippen LogP contribution in [0.3, 0.4) is 0 Å². The van der Waals surface area contributed by atoms with Crippen LogP contribution in [0.4, 0.5) is 0 Å². The van der Waals surface area contributed by atoms with Crippen LogP contribution >= 0.6 is 0 Å². The van der Waals surface area contributed by atoms with Crippen molar-refractivity contribution in [1.82, 2.24) is 10.9 Å². The molecule has 23 heavy (non-hydrogen) atoms. The molecule has 0 aromatic heterocycles. The van der Waals surface area contributed by atoms with Gasteiger partial charge in [0.25, 0.3) is 0 Å². The minimum atomic E-state index is 0.440. The third-order valence-electron chi connectivity index (χ3n) is 3.47. The van der Waals surface area contributed by atoms with Crippen LogP contribution in [0.5, 0.6) is 5.75 Å². The summed E-state index contributed by atoms with van der Waals surface area (Å²) in [5.74, 6) is 0.991. The minimum absolute atomic E-state index is 0.440. The Balaban J connectivity index is 0.000000816. The predicted molar refractivity (Wildman–Crippen MR) is 96.6 cm³/mol. The monoisotopic (exact) mass is 322 g/mol. The van der Waals surface area contributed by atoms with Crippen LogP contribution in [0.1, 0.15) is 58.4 Å². The average molecular weight is 322 g/mol. The topological polar surface area (TPSA) is 42.5 Å². The van der Waals surface area contributed by atoms with Gasteiger partial charge in [0.15, 0.2) is 0 Å². The number of hydrogen-bond acceptors (Lipinski definition) is 4. The number of benzene rings is 1. The molecule has 0 aliphatic heterocycles. The highest BCUT2D eigenvalue weighted by molar-refractivity contribution is 5.28. The van der Waals surface area contributed by atoms with Crippen LogP contribution in [0, 0.1) is 0 Å². The molecule has 1 saturated carbocycles. The van der Waals surface area contributed by atoms with Crippen molar-refractivity contribution in [3.05, 3.63) is 29.8 Å². The molecular weight excluding hydrogens is 288 g/mol. The first kappa shape index (κ1) is 19.9. The fraction of sp³-hybridized carbons (Fsp3) is 0.684. The summed E-state index contributed by atoms with van der Waals surface area (Å²) in [5.41, 5.74) is 7.67. The maximum atomic E-state index is 5.90. The van der Waals surface area contributed by atoms with E-state index >= 15 is 0 Å². The Bertz CT molecular complexity index is 395. The van der Waals surface area contributed by atoms with Crippen molar-refractivity contribution in [2.75, 3.05) is 19.8 Å². The van der Waals surface area contributed by atoms with E-state index < -0.39 is 0 Å². The van der Waals surface area contributed by atoms with Gasteiger partial charge < -0.3 is 9.47 Å². The molecule has 2 N–H and O–H groups in total. The zero-order valence-electron chi connectivity index (χ0n) is 15.1. The quantitative estimate of drug-likeness (QED) is 0.504. The first-order valence-corrected chi connectivity index (χ1v) is 9.09. The molecule has 0 heterocycles. The van der Waals surface area contributed by atoms with Gasteiger partial charge >= 0.3 is 0 Å². The first-order valence-electron chi connectivity index (χ1n) is 9.09. The van der Waals surface area contributed by atoms with Crippen molar-refractivity contribution in [2.45, 2.75) is 65.5 Å². The lowest BCUT2D eigenvalue weighted by Crippen LogP contribution is -2.32. The van der Waals surface area contributed by atoms with E-state index in [1.165, 1.54) is 31.2 Å². The fourth-order valence-electron chi connectivity index (χ4n) is 2.07. The second-order valence-corrected chi connectivity index (χ2v) is 5.86. The standard InChI is InChI=1S/C16H26N2O2.C3H8/c1-2-19-11-5-10-17-18-13-14-6-3-9-16(12-14)20-15-7-4-8-15;1-3-2/h3,6,9,12,15,17-18H,2,4-5,7-8,10-11,13H2,1H3;3H2,1-2H3. The molecule has 0 saturated heterocycles. The maximum absolute atomic E-state index is 5.90. The van der Waals surface area contributed by atoms with E-state index in [-0.39, 0.29) is 0 Å². The average Bonchev–Trinajstić information content (AvgIpc) is 2.51. The van der Waals surface area contributed by atoms with Gasteiger partial charge in [0.05, 0.1) is 6.10 Å². The Morgan fingerprint density at radius 3 is 2.57 bits per heavy atom. The van der Waals surface area contributed by atoms with Gasteiger partial charge in [0.2, 0.25) is 0 Å². The zero-order chi connectivity index (χ0) is 16.8. The maximum Gasteiger partial charge on any atom is 0.120 e. The van der Waals surface area contributed by atoms with Crippen molar-refractivity contribution < 1.29 is 9.47 Å². The molecule has 132 valence electrons. The molecular formula is C19H34N2O2. The van der Waals surface area contributed by atoms with E-state index in [2.05, 4.69) is 42.9 Å². The third kappa shape index (κ3) is 9.59. The highest BCUT2D eigenvalue weighted by Gasteiger charge is 2.18. The summed E-state index contributed by atoms with van der Waals surface area (Å²) in [7, 11) is 0. The lowest BCUT2D eigenvalue weighted by atomic mass is 9.96. The van der Waals surface area contributed by atoms with Gasteiger partial charge in [-0.3, -0.25) is 10.9 Å². The summed E-state index contributed by atoms with van der Waals surface area (Å²) >= 11 is 0. The largest absolute Gasteiger partial charge is 0.490 e. The normalized spacial score (nSPS) is 13.9. The number of ether oxygens (including phenoxy) is 2. The van der Waals surface area contributed by atoms with Crippen LogP contribution in [-0.2, 0) is 11.3 Å². The van der Waals surface area contributed by atoms with Crippen molar-refractivity contribution >= 4 is 0 Å². The second kappa shape index (κ2) is 13.3. The third-order valence-corrected chi connectivity index (χ3v) is 3.47. The predicted octanol–water partition coefficient (Wildman–Crippen LogP) is 4.06. The van der Waals surface area contributed by atoms with E-state index in [0.717, 1.165) is 38.5 Å². The highest BCUT2D eigenvalue weighted by Crippen LogP contribution is 2.25. The molecule has 4 heteroatoms. The van der Waals surface area contributed by atoms with E-state index in [4.69, 9.17) is 9.47 Å². The molecule has 1 aromatic carbocycles. The van der Waals surface area contributed by atoms with Crippen LogP contribution in [-0.4, -0.2) is 25.9 Å². The molecule has 0 bridgehead atoms. The lowest BCUT2D eigenvalue weighted by Gasteiger charge is -2.26. The molecule has 1 fully saturated rings. The molecule has 2 rings (SSSR count). The summed E-state index contributed by atoms with van der Waals surface area (Å²) in [4.78, 5) is 0. The Hall–Kier alpha value is -1.10. The zero-order valence-corrected chi connectivity index (χ0v) is 15.1. The van der Waals surface area contributed by atoms with E-state index in [1.807, 2.05) is 13.0 Å². The van der Waals surface area contributed by atoms with Crippen LogP contribution in [0.2, 0.25) is 0 Å². The van der Waals surface area contributed by atoms with Crippen molar-refractivity contribution in [1.29, 1.82) is 0 Å². The van der Waals surface area contributed by atoms with Crippen LogP contribution in [0.15, 0.2) is 24.3 Å². The number of nitrogens with one attached hydrogen (secondary N) is 2. The van der Waals surface area contributed by atoms with E-state index in [9.17, 15) is 0 Å². The summed E-state index contributed by atoms with van der Waals surface area (Å²) < 4.78 is 11.2. The van der Waals surface area contributed by atoms with E-state index in [1.54, 1.807) is 0 Å². The van der Waals surface area contributed by atoms with Crippen molar-refractivity contribution in [3.63, 3.8) is 0 Å². The molecule has 1 aliphatic carbocycles. The van der Waals surface area contributed by atoms with Crippen molar-refractivity contribution in [2.24, 2.45) is 0 Å². The Kier molecular flexibility index (Phi) is 11.6. The van der Waals surface area contributed by atoms with Gasteiger partial charge in [0.1, 0.15) is 5.75 Å². The Morgan fingerprint density at radius 1 is 1.13 bits per heavy atom. The molecule has 0 unspecified atom stereocenters. The van der Waals surface area contributed by atoms with Gasteiger partial charge in [-0.2, -0.15) is 0 Å². The molecule has 4 nitrogen and oxygen atoms in total. The smallest absolute Gasteiger partial charge is 0.120 e. The number of hydrazine groups is 1. The summed E-state index contributed by atoms with van der Waals surface area (Å²) in [6.07, 6.45) is 6.41. The van der Waals surface area contributed by atoms with Gasteiger partial charge in [-0.05, 0) is 50.3 Å². The van der Waals surface area contributed by atoms with Crippen LogP contribution in [0.25, 0.3) is 0 Å². The summed E-state index contributed by atoms with van der Waals surface area (Å²) in [5, 5.41) is 0. The summed E-state index contributed by atoms with van der Waals surface area (Å²) in [6.45, 7) is 9.59. The molecule has 0 amide bonds. The Labute approximate surface area is 141 Å². The van der Waals surface area contributed by atoms with Gasteiger partial charge in [0, 0.05) is 26.3 Å². The molecule has 1 aliphatic rings. The summed E-state index contributed by atoms with van der Waals surface area (Å²) in [6, 6.07) is 8.33. The Morgan fingerprint density at radius 2 is 1.91 bits per heavy atom. The van der Waals surface area contributed by atoms with Gasteiger partial charge in [-0.1, -0.05) is 32.4 Å².